The monoisotopic (exact) mass is 519 g/mol. The fourth-order valence-electron chi connectivity index (χ4n) is 4.42. The van der Waals surface area contributed by atoms with E-state index in [4.69, 9.17) is 0 Å². The van der Waals surface area contributed by atoms with E-state index in [9.17, 15) is 18.8 Å². The minimum atomic E-state index is -0.639. The molecule has 0 N–H and O–H groups in total. The number of carbonyl (C=O) groups excluding carboxylic acids is 3. The number of halogens is 2. The Morgan fingerprint density at radius 1 is 1.20 bits per heavy atom. The summed E-state index contributed by atoms with van der Waals surface area (Å²) in [6.07, 6.45) is 6.56. The molecule has 4 rings (SSSR count). The molecule has 35 heavy (non-hydrogen) atoms. The largest absolute Gasteiger partial charge is 0.298 e. The summed E-state index contributed by atoms with van der Waals surface area (Å²) in [5.74, 6) is -0.202. The predicted molar refractivity (Wildman–Crippen MR) is 138 cm³/mol. The number of rotatable bonds is 9. The van der Waals surface area contributed by atoms with Crippen LogP contribution in [0.3, 0.4) is 0 Å². The van der Waals surface area contributed by atoms with Crippen molar-refractivity contribution in [2.24, 2.45) is 5.92 Å². The molecular weight excluding hydrogens is 489 g/mol. The van der Waals surface area contributed by atoms with Gasteiger partial charge in [0.05, 0.1) is 18.3 Å². The lowest BCUT2D eigenvalue weighted by atomic mass is 9.93. The number of carbonyl (C=O) groups is 3. The van der Waals surface area contributed by atoms with E-state index in [1.54, 1.807) is 36.0 Å². The van der Waals surface area contributed by atoms with Crippen molar-refractivity contribution >= 4 is 46.9 Å². The molecule has 6 nitrogen and oxygen atoms in total. The van der Waals surface area contributed by atoms with Gasteiger partial charge < -0.3 is 0 Å². The van der Waals surface area contributed by atoms with Gasteiger partial charge in [0, 0.05) is 49.4 Å². The summed E-state index contributed by atoms with van der Waals surface area (Å²) in [7, 11) is 0. The van der Waals surface area contributed by atoms with Crippen molar-refractivity contribution in [2.75, 3.05) is 13.1 Å². The number of benzene rings is 1. The van der Waals surface area contributed by atoms with Crippen LogP contribution in [0.2, 0.25) is 0 Å². The van der Waals surface area contributed by atoms with Crippen molar-refractivity contribution in [1.82, 2.24) is 14.7 Å². The molecule has 0 bridgehead atoms. The molecule has 0 spiro atoms. The van der Waals surface area contributed by atoms with Crippen LogP contribution in [0.4, 0.5) is 4.39 Å². The van der Waals surface area contributed by atoms with Crippen molar-refractivity contribution in [2.45, 2.75) is 57.4 Å². The maximum atomic E-state index is 14.8. The second-order valence-electron chi connectivity index (χ2n) is 9.01. The molecule has 1 aromatic heterocycles. The summed E-state index contributed by atoms with van der Waals surface area (Å²) >= 11 is 1.28. The lowest BCUT2D eigenvalue weighted by molar-refractivity contribution is -0.126. The molecule has 1 aliphatic heterocycles. The van der Waals surface area contributed by atoms with Gasteiger partial charge in [-0.3, -0.25) is 24.0 Å². The third-order valence-corrected chi connectivity index (χ3v) is 7.48. The molecule has 1 saturated carbocycles. The molecule has 0 amide bonds. The Bertz CT molecular complexity index is 1110. The Morgan fingerprint density at radius 2 is 1.94 bits per heavy atom. The average molecular weight is 520 g/mol. The van der Waals surface area contributed by atoms with E-state index in [0.29, 0.717) is 37.2 Å². The highest BCUT2D eigenvalue weighted by Crippen LogP contribution is 2.40. The first kappa shape index (κ1) is 27.3. The van der Waals surface area contributed by atoms with Crippen LogP contribution >= 0.6 is 24.2 Å². The molecule has 1 aliphatic carbocycles. The van der Waals surface area contributed by atoms with Gasteiger partial charge in [-0.1, -0.05) is 36.9 Å². The summed E-state index contributed by atoms with van der Waals surface area (Å²) in [6, 6.07) is 7.71. The van der Waals surface area contributed by atoms with Crippen LogP contribution < -0.4 is 0 Å². The van der Waals surface area contributed by atoms with Gasteiger partial charge in [0.2, 0.25) is 0 Å². The molecular formula is C26H31ClFN3O3S. The van der Waals surface area contributed by atoms with Gasteiger partial charge in [0.1, 0.15) is 5.82 Å². The normalized spacial score (nSPS) is 20.3. The molecule has 188 valence electrons. The number of piperidine rings is 1. The fraction of sp³-hybridized carbons (Fsp3) is 0.462. The molecule has 1 saturated heterocycles. The summed E-state index contributed by atoms with van der Waals surface area (Å²) in [5, 5.41) is 4.50. The number of nitrogens with zero attached hydrogens (tertiary/aromatic N) is 3. The number of likely N-dealkylation sites (tertiary alicyclic amines) is 1. The van der Waals surface area contributed by atoms with Crippen LogP contribution in [-0.4, -0.2) is 49.7 Å². The van der Waals surface area contributed by atoms with Crippen molar-refractivity contribution < 1.29 is 18.8 Å². The van der Waals surface area contributed by atoms with E-state index in [2.05, 4.69) is 5.10 Å². The van der Waals surface area contributed by atoms with Crippen LogP contribution in [0, 0.1) is 11.7 Å². The minimum Gasteiger partial charge on any atom is -0.298 e. The van der Waals surface area contributed by atoms with Crippen LogP contribution in [0.25, 0.3) is 6.08 Å². The van der Waals surface area contributed by atoms with Gasteiger partial charge in [-0.05, 0) is 43.0 Å². The van der Waals surface area contributed by atoms with Gasteiger partial charge in [0.15, 0.2) is 16.7 Å². The number of hydrogen-bond donors (Lipinski definition) is 0. The molecule has 2 atom stereocenters. The highest BCUT2D eigenvalue weighted by Gasteiger charge is 2.41. The maximum Gasteiger partial charge on any atom is 0.186 e. The second kappa shape index (κ2) is 12.1. The Labute approximate surface area is 215 Å². The molecule has 2 unspecified atom stereocenters. The minimum absolute atomic E-state index is 0. The Morgan fingerprint density at radius 3 is 2.60 bits per heavy atom. The highest BCUT2D eigenvalue weighted by atomic mass is 35.5. The molecule has 2 heterocycles. The smallest absolute Gasteiger partial charge is 0.186 e. The molecule has 9 heteroatoms. The first-order chi connectivity index (χ1) is 16.4. The van der Waals surface area contributed by atoms with E-state index in [-0.39, 0.29) is 52.6 Å². The van der Waals surface area contributed by atoms with Crippen LogP contribution in [-0.2, 0) is 20.9 Å². The zero-order valence-corrected chi connectivity index (χ0v) is 21.6. The van der Waals surface area contributed by atoms with Crippen molar-refractivity contribution in [3.63, 3.8) is 0 Å². The van der Waals surface area contributed by atoms with Crippen molar-refractivity contribution in [3.8, 4) is 0 Å². The lowest BCUT2D eigenvalue weighted by Gasteiger charge is -2.38. The van der Waals surface area contributed by atoms with E-state index in [1.165, 1.54) is 17.8 Å². The fourth-order valence-corrected chi connectivity index (χ4v) is 5.34. The highest BCUT2D eigenvalue weighted by molar-refractivity contribution is 8.14. The summed E-state index contributed by atoms with van der Waals surface area (Å²) in [6.45, 7) is 4.65. The zero-order chi connectivity index (χ0) is 24.2. The molecule has 0 radical (unpaired) electrons. The predicted octanol–water partition coefficient (Wildman–Crippen LogP) is 4.88. The Balaban J connectivity index is 0.00000342. The van der Waals surface area contributed by atoms with E-state index < -0.39 is 6.04 Å². The quantitative estimate of drug-likeness (QED) is 0.470. The summed E-state index contributed by atoms with van der Waals surface area (Å²) < 4.78 is 16.4. The molecule has 2 fully saturated rings. The molecule has 2 aliphatic rings. The van der Waals surface area contributed by atoms with Gasteiger partial charge in [-0.2, -0.15) is 5.10 Å². The van der Waals surface area contributed by atoms with Crippen LogP contribution in [0.5, 0.6) is 0 Å². The van der Waals surface area contributed by atoms with Gasteiger partial charge in [-0.25, -0.2) is 4.39 Å². The first-order valence-corrected chi connectivity index (χ1v) is 12.7. The lowest BCUT2D eigenvalue weighted by Crippen LogP contribution is -2.43. The van der Waals surface area contributed by atoms with Crippen molar-refractivity contribution in [1.29, 1.82) is 0 Å². The number of aromatic nitrogens is 2. The van der Waals surface area contributed by atoms with E-state index >= 15 is 0 Å². The number of thioether (sulfide) groups is 1. The zero-order valence-electron chi connectivity index (χ0n) is 20.0. The molecule has 2 aromatic rings. The number of ketones is 2. The second-order valence-corrected chi connectivity index (χ2v) is 10.4. The van der Waals surface area contributed by atoms with Gasteiger partial charge in [-0.15, -0.1) is 12.4 Å². The average Bonchev–Trinajstić information content (AvgIpc) is 3.57. The topological polar surface area (TPSA) is 72.3 Å². The summed E-state index contributed by atoms with van der Waals surface area (Å²) in [5.41, 5.74) is 2.09. The third kappa shape index (κ3) is 6.90. The van der Waals surface area contributed by atoms with Crippen LogP contribution in [0.1, 0.15) is 56.8 Å². The van der Waals surface area contributed by atoms with Gasteiger partial charge in [0.25, 0.3) is 0 Å². The van der Waals surface area contributed by atoms with Crippen molar-refractivity contribution in [3.05, 3.63) is 59.2 Å². The number of Topliss-reactive ketones (excluding diaryl/α,β-unsaturated/α-hetero) is 2. The number of hydrogen-bond acceptors (Lipinski definition) is 6. The van der Waals surface area contributed by atoms with Crippen LogP contribution in [0.15, 0.2) is 42.1 Å². The summed E-state index contributed by atoms with van der Waals surface area (Å²) in [4.78, 5) is 39.0. The van der Waals surface area contributed by atoms with E-state index in [0.717, 1.165) is 18.4 Å². The third-order valence-electron chi connectivity index (χ3n) is 6.33. The Hall–Kier alpha value is -2.29. The standard InChI is InChI=1S/C26H30FN3O3S.ClH/c1-3-21(32)16-30-13-10-20(28-30)14-19-15-29(12-11-24(19)34-17(2)31)25(26(33)18-8-9-18)22-6-4-5-7-23(22)27;/h4-7,10,13-14,18,24-25H,3,8-9,11-12,15-16H2,1-2H3;1H/b19-14+;. The maximum absolute atomic E-state index is 14.8. The first-order valence-electron chi connectivity index (χ1n) is 11.8. The van der Waals surface area contributed by atoms with Gasteiger partial charge >= 0.3 is 0 Å². The Kier molecular flexibility index (Phi) is 9.44. The van der Waals surface area contributed by atoms with E-state index in [1.807, 2.05) is 24.0 Å². The SMILES string of the molecule is CCC(=O)Cn1ccc(/C=C2\CN(C(C(=O)C3CC3)c3ccccc3F)CCC2SC(C)=O)n1.Cl. The molecule has 1 aromatic carbocycles.